The maximum absolute atomic E-state index is 4.11. The summed E-state index contributed by atoms with van der Waals surface area (Å²) in [5.41, 5.74) is 0. The Kier molecular flexibility index (Phi) is 3.90. The van der Waals surface area contributed by atoms with Gasteiger partial charge in [0.25, 0.3) is 0 Å². The van der Waals surface area contributed by atoms with E-state index in [0.29, 0.717) is 12.1 Å². The van der Waals surface area contributed by atoms with Crippen LogP contribution in [-0.4, -0.2) is 52.3 Å². The second kappa shape index (κ2) is 5.41. The molecular formula is C11H21N5. The maximum Gasteiger partial charge on any atom is 0.137 e. The van der Waals surface area contributed by atoms with Crippen molar-refractivity contribution >= 4 is 0 Å². The molecule has 0 aliphatic carbocycles. The van der Waals surface area contributed by atoms with Crippen molar-refractivity contribution in [1.29, 1.82) is 0 Å². The smallest absolute Gasteiger partial charge is 0.137 e. The van der Waals surface area contributed by atoms with Gasteiger partial charge in [0.15, 0.2) is 0 Å². The van der Waals surface area contributed by atoms with Gasteiger partial charge in [0.1, 0.15) is 12.2 Å². The summed E-state index contributed by atoms with van der Waals surface area (Å²) in [6, 6.07) is 1.38. The molecule has 5 heteroatoms. The van der Waals surface area contributed by atoms with Crippen molar-refractivity contribution in [1.82, 2.24) is 25.4 Å². The molecule has 1 saturated heterocycles. The number of hydrogen-bond acceptors (Lipinski definition) is 4. The number of aromatic amines is 1. The zero-order chi connectivity index (χ0) is 11.4. The minimum atomic E-state index is 0.662. The van der Waals surface area contributed by atoms with E-state index in [2.05, 4.69) is 39.4 Å². The Morgan fingerprint density at radius 2 is 2.50 bits per heavy atom. The molecule has 1 aromatic heterocycles. The van der Waals surface area contributed by atoms with Gasteiger partial charge in [-0.1, -0.05) is 0 Å². The number of nitrogens with one attached hydrogen (secondary N) is 2. The van der Waals surface area contributed by atoms with Crippen LogP contribution >= 0.6 is 0 Å². The summed E-state index contributed by atoms with van der Waals surface area (Å²) in [6.07, 6.45) is 4.92. The molecule has 2 heterocycles. The Labute approximate surface area is 96.6 Å². The number of nitrogens with zero attached hydrogens (tertiary/aromatic N) is 3. The average molecular weight is 223 g/mol. The minimum absolute atomic E-state index is 0.662. The lowest BCUT2D eigenvalue weighted by atomic mass is 10.2. The van der Waals surface area contributed by atoms with Gasteiger partial charge in [-0.2, -0.15) is 5.10 Å². The van der Waals surface area contributed by atoms with Gasteiger partial charge in [0.2, 0.25) is 0 Å². The Bertz CT molecular complexity index is 287. The fourth-order valence-corrected chi connectivity index (χ4v) is 2.25. The van der Waals surface area contributed by atoms with Gasteiger partial charge in [-0.15, -0.1) is 0 Å². The maximum atomic E-state index is 4.11. The average Bonchev–Trinajstić information content (AvgIpc) is 2.85. The molecule has 2 unspecified atom stereocenters. The number of likely N-dealkylation sites (tertiary alicyclic amines) is 1. The first kappa shape index (κ1) is 11.5. The van der Waals surface area contributed by atoms with Crippen molar-refractivity contribution in [2.75, 3.05) is 20.1 Å². The normalized spacial score (nSPS) is 26.4. The predicted molar refractivity (Wildman–Crippen MR) is 63.2 cm³/mol. The van der Waals surface area contributed by atoms with E-state index in [1.165, 1.54) is 13.0 Å². The molecule has 0 radical (unpaired) electrons. The van der Waals surface area contributed by atoms with E-state index in [9.17, 15) is 0 Å². The fraction of sp³-hybridized carbons (Fsp3) is 0.818. The lowest BCUT2D eigenvalue weighted by molar-refractivity contribution is 0.326. The fourth-order valence-electron chi connectivity index (χ4n) is 2.25. The van der Waals surface area contributed by atoms with Crippen LogP contribution in [0.1, 0.15) is 25.6 Å². The summed E-state index contributed by atoms with van der Waals surface area (Å²) in [5, 5.41) is 10.3. The van der Waals surface area contributed by atoms with Crippen molar-refractivity contribution in [3.8, 4) is 0 Å². The van der Waals surface area contributed by atoms with Gasteiger partial charge in [0, 0.05) is 25.0 Å². The number of aromatic nitrogens is 3. The molecule has 16 heavy (non-hydrogen) atoms. The third-order valence-electron chi connectivity index (χ3n) is 3.37. The molecule has 1 aliphatic heterocycles. The third kappa shape index (κ3) is 3.02. The van der Waals surface area contributed by atoms with Crippen LogP contribution in [0.2, 0.25) is 0 Å². The van der Waals surface area contributed by atoms with E-state index >= 15 is 0 Å². The molecule has 2 rings (SSSR count). The predicted octanol–water partition coefficient (Wildman–Crippen LogP) is 0.420. The highest BCUT2D eigenvalue weighted by atomic mass is 15.2. The first-order valence-electron chi connectivity index (χ1n) is 6.03. The zero-order valence-electron chi connectivity index (χ0n) is 10.1. The Morgan fingerprint density at radius 1 is 1.62 bits per heavy atom. The van der Waals surface area contributed by atoms with E-state index in [0.717, 1.165) is 25.2 Å². The van der Waals surface area contributed by atoms with Crippen molar-refractivity contribution in [3.63, 3.8) is 0 Å². The van der Waals surface area contributed by atoms with Crippen molar-refractivity contribution in [2.45, 2.75) is 38.3 Å². The lowest BCUT2D eigenvalue weighted by Crippen LogP contribution is -2.32. The van der Waals surface area contributed by atoms with E-state index in [4.69, 9.17) is 0 Å². The van der Waals surface area contributed by atoms with E-state index in [1.807, 2.05) is 0 Å². The second-order valence-electron chi connectivity index (χ2n) is 4.71. The number of rotatable bonds is 5. The van der Waals surface area contributed by atoms with Crippen LogP contribution in [0.4, 0.5) is 0 Å². The Morgan fingerprint density at radius 3 is 3.12 bits per heavy atom. The molecule has 0 spiro atoms. The molecule has 0 bridgehead atoms. The van der Waals surface area contributed by atoms with Gasteiger partial charge in [-0.05, 0) is 33.4 Å². The molecule has 1 aliphatic rings. The molecule has 90 valence electrons. The topological polar surface area (TPSA) is 56.8 Å². The highest BCUT2D eigenvalue weighted by Gasteiger charge is 2.24. The molecular weight excluding hydrogens is 202 g/mol. The minimum Gasteiger partial charge on any atom is -0.313 e. The molecule has 0 aromatic carbocycles. The van der Waals surface area contributed by atoms with Gasteiger partial charge in [-0.25, -0.2) is 4.98 Å². The summed E-state index contributed by atoms with van der Waals surface area (Å²) in [5.74, 6) is 0.985. The van der Waals surface area contributed by atoms with E-state index in [1.54, 1.807) is 6.33 Å². The lowest BCUT2D eigenvalue weighted by Gasteiger charge is -2.13. The van der Waals surface area contributed by atoms with Crippen LogP contribution in [0.15, 0.2) is 6.33 Å². The molecule has 0 amide bonds. The summed E-state index contributed by atoms with van der Waals surface area (Å²) < 4.78 is 0. The third-order valence-corrected chi connectivity index (χ3v) is 3.37. The zero-order valence-corrected chi connectivity index (χ0v) is 10.1. The molecule has 2 atom stereocenters. The molecule has 1 fully saturated rings. The van der Waals surface area contributed by atoms with Crippen LogP contribution in [0, 0.1) is 0 Å². The van der Waals surface area contributed by atoms with Crippen molar-refractivity contribution < 1.29 is 0 Å². The Balaban J connectivity index is 1.59. The quantitative estimate of drug-likeness (QED) is 0.710. The number of likely N-dealkylation sites (N-methyl/N-ethyl adjacent to an activating group) is 1. The van der Waals surface area contributed by atoms with Crippen LogP contribution < -0.4 is 5.32 Å². The largest absolute Gasteiger partial charge is 0.313 e. The highest BCUT2D eigenvalue weighted by Crippen LogP contribution is 2.14. The van der Waals surface area contributed by atoms with Gasteiger partial charge < -0.3 is 10.2 Å². The number of H-pyrrole nitrogens is 1. The van der Waals surface area contributed by atoms with Gasteiger partial charge in [-0.3, -0.25) is 5.10 Å². The molecule has 1 aromatic rings. The monoisotopic (exact) mass is 223 g/mol. The molecule has 0 saturated carbocycles. The number of hydrogen-bond donors (Lipinski definition) is 2. The highest BCUT2D eigenvalue weighted by molar-refractivity contribution is 4.85. The second-order valence-corrected chi connectivity index (χ2v) is 4.71. The van der Waals surface area contributed by atoms with Crippen LogP contribution in [-0.2, 0) is 6.42 Å². The molecule has 2 N–H and O–H groups in total. The van der Waals surface area contributed by atoms with Crippen molar-refractivity contribution in [2.24, 2.45) is 0 Å². The van der Waals surface area contributed by atoms with Gasteiger partial charge >= 0.3 is 0 Å². The van der Waals surface area contributed by atoms with Crippen LogP contribution in [0.25, 0.3) is 0 Å². The molecule has 5 nitrogen and oxygen atoms in total. The first-order chi connectivity index (χ1) is 7.75. The summed E-state index contributed by atoms with van der Waals surface area (Å²) >= 11 is 0. The van der Waals surface area contributed by atoms with Crippen LogP contribution in [0.5, 0.6) is 0 Å². The SMILES string of the molecule is CC1CC(NCCCc2ncn[nH]2)CN1C. The number of aryl methyl sites for hydroxylation is 1. The first-order valence-corrected chi connectivity index (χ1v) is 6.03. The summed E-state index contributed by atoms with van der Waals surface area (Å²) in [6.45, 7) is 4.52. The standard InChI is InChI=1S/C11H21N5/c1-9-6-10(7-16(9)2)12-5-3-4-11-13-8-14-15-11/h8-10,12H,3-7H2,1-2H3,(H,13,14,15). The summed E-state index contributed by atoms with van der Waals surface area (Å²) in [7, 11) is 2.20. The van der Waals surface area contributed by atoms with Crippen LogP contribution in [0.3, 0.4) is 0 Å². The summed E-state index contributed by atoms with van der Waals surface area (Å²) in [4.78, 5) is 6.52. The van der Waals surface area contributed by atoms with E-state index < -0.39 is 0 Å². The van der Waals surface area contributed by atoms with E-state index in [-0.39, 0.29) is 0 Å². The van der Waals surface area contributed by atoms with Crippen molar-refractivity contribution in [3.05, 3.63) is 12.2 Å². The van der Waals surface area contributed by atoms with Gasteiger partial charge in [0.05, 0.1) is 0 Å². The Hall–Kier alpha value is -0.940.